The monoisotopic (exact) mass is 508 g/mol. The summed E-state index contributed by atoms with van der Waals surface area (Å²) in [6.07, 6.45) is 3.24. The van der Waals surface area contributed by atoms with E-state index in [2.05, 4.69) is 27.0 Å². The first-order valence-electron chi connectivity index (χ1n) is 12.2. The van der Waals surface area contributed by atoms with Gasteiger partial charge in [0.15, 0.2) is 0 Å². The van der Waals surface area contributed by atoms with Crippen LogP contribution in [0, 0.1) is 11.3 Å². The Kier molecular flexibility index (Phi) is 8.46. The number of carbonyl (C=O) groups excluding carboxylic acids is 3. The Labute approximate surface area is 220 Å². The number of fused-ring (bicyclic) bond motifs is 1. The fourth-order valence-corrected chi connectivity index (χ4v) is 4.14. The van der Waals surface area contributed by atoms with Gasteiger partial charge in [-0.3, -0.25) is 14.4 Å². The number of aromatic nitrogens is 2. The summed E-state index contributed by atoms with van der Waals surface area (Å²) in [5.41, 5.74) is 3.15. The van der Waals surface area contributed by atoms with Gasteiger partial charge < -0.3 is 20.5 Å². The third-order valence-electron chi connectivity index (χ3n) is 6.12. The highest BCUT2D eigenvalue weighted by Gasteiger charge is 2.22. The molecular formula is C29H28N6O3. The average Bonchev–Trinajstić information content (AvgIpc) is 3.35. The summed E-state index contributed by atoms with van der Waals surface area (Å²) < 4.78 is 1.84. The molecule has 0 saturated heterocycles. The number of nitriles is 1. The number of nitrogens with zero attached hydrogens (tertiary/aromatic N) is 3. The van der Waals surface area contributed by atoms with Crippen LogP contribution < -0.4 is 16.0 Å². The molecular weight excluding hydrogens is 480 g/mol. The predicted molar refractivity (Wildman–Crippen MR) is 143 cm³/mol. The molecule has 0 spiro atoms. The molecule has 0 radical (unpaired) electrons. The number of amides is 3. The van der Waals surface area contributed by atoms with Crippen LogP contribution in [0.5, 0.6) is 0 Å². The van der Waals surface area contributed by atoms with Crippen molar-refractivity contribution in [3.05, 3.63) is 102 Å². The molecule has 1 aromatic heterocycles. The van der Waals surface area contributed by atoms with Gasteiger partial charge in [0.1, 0.15) is 6.04 Å². The molecule has 3 N–H and O–H groups in total. The van der Waals surface area contributed by atoms with Gasteiger partial charge in [-0.1, -0.05) is 54.6 Å². The average molecular weight is 509 g/mol. The quantitative estimate of drug-likeness (QED) is 0.303. The molecule has 4 aromatic rings. The number of hydrogen-bond acceptors (Lipinski definition) is 5. The van der Waals surface area contributed by atoms with Gasteiger partial charge in [-0.2, -0.15) is 5.26 Å². The zero-order valence-corrected chi connectivity index (χ0v) is 21.0. The van der Waals surface area contributed by atoms with Crippen LogP contribution >= 0.6 is 0 Å². The Morgan fingerprint density at radius 2 is 1.76 bits per heavy atom. The molecule has 4 rings (SSSR count). The zero-order chi connectivity index (χ0) is 26.9. The molecule has 0 aliphatic heterocycles. The molecule has 0 saturated carbocycles. The molecule has 3 amide bonds. The topological polar surface area (TPSA) is 129 Å². The Hall–Kier alpha value is -4.97. The van der Waals surface area contributed by atoms with Crippen LogP contribution in [0.25, 0.3) is 10.8 Å². The normalized spacial score (nSPS) is 11.4. The van der Waals surface area contributed by atoms with Crippen molar-refractivity contribution in [2.24, 2.45) is 0 Å². The van der Waals surface area contributed by atoms with Crippen molar-refractivity contribution in [1.82, 2.24) is 25.5 Å². The summed E-state index contributed by atoms with van der Waals surface area (Å²) in [5, 5.41) is 19.3. The number of imidazole rings is 1. The highest BCUT2D eigenvalue weighted by molar-refractivity contribution is 5.90. The molecule has 1 heterocycles. The highest BCUT2D eigenvalue weighted by atomic mass is 16.2. The van der Waals surface area contributed by atoms with Gasteiger partial charge in [0.25, 0.3) is 0 Å². The van der Waals surface area contributed by atoms with Crippen molar-refractivity contribution in [3.8, 4) is 6.07 Å². The third kappa shape index (κ3) is 6.83. The Balaban J connectivity index is 1.40. The van der Waals surface area contributed by atoms with E-state index in [4.69, 9.17) is 5.26 Å². The lowest BCUT2D eigenvalue weighted by atomic mass is 10.0. The van der Waals surface area contributed by atoms with Crippen molar-refractivity contribution in [2.75, 3.05) is 6.54 Å². The lowest BCUT2D eigenvalue weighted by molar-refractivity contribution is -0.129. The van der Waals surface area contributed by atoms with Gasteiger partial charge in [-0.15, -0.1) is 0 Å². The number of nitrogens with one attached hydrogen (secondary N) is 3. The van der Waals surface area contributed by atoms with Gasteiger partial charge in [0, 0.05) is 38.4 Å². The first-order valence-corrected chi connectivity index (χ1v) is 12.2. The van der Waals surface area contributed by atoms with Crippen LogP contribution in [0.2, 0.25) is 0 Å². The Morgan fingerprint density at radius 3 is 2.53 bits per heavy atom. The maximum absolute atomic E-state index is 13.0. The summed E-state index contributed by atoms with van der Waals surface area (Å²) in [4.78, 5) is 41.6. The van der Waals surface area contributed by atoms with Crippen molar-refractivity contribution in [1.29, 1.82) is 5.26 Å². The van der Waals surface area contributed by atoms with Crippen molar-refractivity contribution in [2.45, 2.75) is 32.5 Å². The van der Waals surface area contributed by atoms with Crippen LogP contribution in [0.1, 0.15) is 29.3 Å². The Morgan fingerprint density at radius 1 is 1.00 bits per heavy atom. The van der Waals surface area contributed by atoms with E-state index in [0.717, 1.165) is 21.9 Å². The molecule has 0 unspecified atom stereocenters. The van der Waals surface area contributed by atoms with Crippen LogP contribution in [0.15, 0.2) is 79.3 Å². The third-order valence-corrected chi connectivity index (χ3v) is 6.12. The predicted octanol–water partition coefficient (Wildman–Crippen LogP) is 2.44. The smallest absolute Gasteiger partial charge is 0.244 e. The van der Waals surface area contributed by atoms with Crippen LogP contribution in [-0.2, 0) is 33.9 Å². The minimum absolute atomic E-state index is 0.00343. The van der Waals surface area contributed by atoms with Gasteiger partial charge in [0.05, 0.1) is 24.4 Å². The second-order valence-electron chi connectivity index (χ2n) is 8.91. The summed E-state index contributed by atoms with van der Waals surface area (Å²) in [6.45, 7) is 2.08. The molecule has 1 atom stereocenters. The molecule has 192 valence electrons. The maximum atomic E-state index is 13.0. The lowest BCUT2D eigenvalue weighted by Crippen LogP contribution is -2.52. The molecule has 0 fully saturated rings. The number of carbonyl (C=O) groups is 3. The van der Waals surface area contributed by atoms with E-state index in [1.165, 1.54) is 6.92 Å². The van der Waals surface area contributed by atoms with E-state index in [9.17, 15) is 14.4 Å². The summed E-state index contributed by atoms with van der Waals surface area (Å²) >= 11 is 0. The highest BCUT2D eigenvalue weighted by Crippen LogP contribution is 2.18. The van der Waals surface area contributed by atoms with Gasteiger partial charge in [-0.05, 0) is 34.0 Å². The molecule has 3 aromatic carbocycles. The van der Waals surface area contributed by atoms with Gasteiger partial charge >= 0.3 is 0 Å². The minimum atomic E-state index is -0.948. The van der Waals surface area contributed by atoms with E-state index in [-0.39, 0.29) is 31.3 Å². The molecule has 0 aliphatic carbocycles. The standard InChI is InChI=1S/C29H28N6O3/c1-20(36)32-17-27(29(38)33-15-24-7-4-6-23-5-2-3-8-26(23)24)34-28(37)13-25-16-31-19-35(25)18-22-11-9-21(14-30)10-12-22/h2-12,16,19,27H,13,15,17-18H2,1H3,(H,32,36)(H,33,38)(H,34,37)/t27-/m0/s1. The molecule has 9 heteroatoms. The summed E-state index contributed by atoms with van der Waals surface area (Å²) in [6, 6.07) is 22.1. The van der Waals surface area contributed by atoms with Gasteiger partial charge in [-0.25, -0.2) is 4.98 Å². The molecule has 0 aliphatic rings. The fraction of sp³-hybridized carbons (Fsp3) is 0.207. The first-order chi connectivity index (χ1) is 18.4. The van der Waals surface area contributed by atoms with Crippen LogP contribution in [0.4, 0.5) is 0 Å². The number of benzene rings is 3. The maximum Gasteiger partial charge on any atom is 0.244 e. The van der Waals surface area contributed by atoms with E-state index >= 15 is 0 Å². The van der Waals surface area contributed by atoms with Crippen molar-refractivity contribution >= 4 is 28.5 Å². The van der Waals surface area contributed by atoms with Crippen LogP contribution in [-0.4, -0.2) is 39.9 Å². The second-order valence-corrected chi connectivity index (χ2v) is 8.91. The van der Waals surface area contributed by atoms with E-state index < -0.39 is 11.9 Å². The SMILES string of the molecule is CC(=O)NC[C@H](NC(=O)Cc1cncn1Cc1ccc(C#N)cc1)C(=O)NCc1cccc2ccccc12. The van der Waals surface area contributed by atoms with Gasteiger partial charge in [0.2, 0.25) is 17.7 Å². The summed E-state index contributed by atoms with van der Waals surface area (Å²) in [7, 11) is 0. The fourth-order valence-electron chi connectivity index (χ4n) is 4.14. The largest absolute Gasteiger partial charge is 0.354 e. The Bertz CT molecular complexity index is 1480. The van der Waals surface area contributed by atoms with Crippen LogP contribution in [0.3, 0.4) is 0 Å². The molecule has 0 bridgehead atoms. The molecule has 9 nitrogen and oxygen atoms in total. The summed E-state index contributed by atoms with van der Waals surface area (Å²) in [5.74, 6) is -1.07. The van der Waals surface area contributed by atoms with Crippen molar-refractivity contribution in [3.63, 3.8) is 0 Å². The first kappa shape index (κ1) is 26.1. The van der Waals surface area contributed by atoms with Crippen molar-refractivity contribution < 1.29 is 14.4 Å². The van der Waals surface area contributed by atoms with E-state index in [1.807, 2.05) is 59.2 Å². The molecule has 38 heavy (non-hydrogen) atoms. The number of rotatable bonds is 10. The number of hydrogen-bond donors (Lipinski definition) is 3. The minimum Gasteiger partial charge on any atom is -0.354 e. The van der Waals surface area contributed by atoms with E-state index in [0.29, 0.717) is 17.8 Å². The zero-order valence-electron chi connectivity index (χ0n) is 21.0. The second kappa shape index (κ2) is 12.3. The lowest BCUT2D eigenvalue weighted by Gasteiger charge is -2.19. The van der Waals surface area contributed by atoms with E-state index in [1.54, 1.807) is 24.7 Å².